The Bertz CT molecular complexity index is 493. The van der Waals surface area contributed by atoms with Crippen molar-refractivity contribution < 1.29 is 13.5 Å². The third kappa shape index (κ3) is 3.54. The van der Waals surface area contributed by atoms with E-state index in [0.717, 1.165) is 18.4 Å². The van der Waals surface area contributed by atoms with Crippen molar-refractivity contribution in [2.45, 2.75) is 51.2 Å². The third-order valence-corrected chi connectivity index (χ3v) is 4.63. The first-order valence-electron chi connectivity index (χ1n) is 6.17. The zero-order valence-corrected chi connectivity index (χ0v) is 11.9. The average Bonchev–Trinajstić information content (AvgIpc) is 2.36. The van der Waals surface area contributed by atoms with Gasteiger partial charge in [0.2, 0.25) is 10.0 Å². The molecule has 102 valence electrons. The largest absolute Gasteiger partial charge is 0.392 e. The summed E-state index contributed by atoms with van der Waals surface area (Å²) in [7, 11) is -3.49. The van der Waals surface area contributed by atoms with Gasteiger partial charge in [-0.3, -0.25) is 0 Å². The van der Waals surface area contributed by atoms with Crippen molar-refractivity contribution in [3.63, 3.8) is 0 Å². The molecule has 0 saturated heterocycles. The predicted molar refractivity (Wildman–Crippen MR) is 71.8 cm³/mol. The number of benzene rings is 1. The second-order valence-corrected chi connectivity index (χ2v) is 6.10. The van der Waals surface area contributed by atoms with E-state index in [1.165, 1.54) is 6.07 Å². The van der Waals surface area contributed by atoms with E-state index in [0.29, 0.717) is 5.56 Å². The second-order valence-electron chi connectivity index (χ2n) is 4.38. The number of nitrogens with one attached hydrogen (secondary N) is 1. The fraction of sp³-hybridized carbons (Fsp3) is 0.538. The Morgan fingerprint density at radius 1 is 1.28 bits per heavy atom. The highest BCUT2D eigenvalue weighted by molar-refractivity contribution is 7.89. The Morgan fingerprint density at radius 2 is 1.89 bits per heavy atom. The smallest absolute Gasteiger partial charge is 0.240 e. The normalized spacial score (nSPS) is 12.1. The van der Waals surface area contributed by atoms with Crippen LogP contribution in [-0.2, 0) is 16.6 Å². The van der Waals surface area contributed by atoms with Crippen molar-refractivity contribution in [3.8, 4) is 0 Å². The van der Waals surface area contributed by atoms with Gasteiger partial charge in [-0.25, -0.2) is 13.1 Å². The maximum absolute atomic E-state index is 12.1. The lowest BCUT2D eigenvalue weighted by Crippen LogP contribution is -2.33. The summed E-state index contributed by atoms with van der Waals surface area (Å²) in [6.45, 7) is 5.59. The minimum absolute atomic E-state index is 0.0473. The number of hydrogen-bond acceptors (Lipinski definition) is 3. The van der Waals surface area contributed by atoms with E-state index in [9.17, 15) is 8.42 Å². The molecule has 0 spiro atoms. The summed E-state index contributed by atoms with van der Waals surface area (Å²) in [5, 5.41) is 9.17. The number of hydrogen-bond donors (Lipinski definition) is 2. The molecule has 5 heteroatoms. The van der Waals surface area contributed by atoms with Crippen LogP contribution >= 0.6 is 0 Å². The van der Waals surface area contributed by atoms with Gasteiger partial charge < -0.3 is 5.11 Å². The van der Waals surface area contributed by atoms with Crippen molar-refractivity contribution >= 4 is 10.0 Å². The predicted octanol–water partition coefficient (Wildman–Crippen LogP) is 1.95. The molecule has 0 aromatic heterocycles. The minimum atomic E-state index is -3.49. The van der Waals surface area contributed by atoms with Gasteiger partial charge in [0.25, 0.3) is 0 Å². The number of sulfonamides is 1. The topological polar surface area (TPSA) is 66.4 Å². The Balaban J connectivity index is 3.05. The molecule has 1 rings (SSSR count). The Morgan fingerprint density at radius 3 is 2.39 bits per heavy atom. The summed E-state index contributed by atoms with van der Waals surface area (Å²) in [6.07, 6.45) is 1.52. The molecule has 0 fully saturated rings. The lowest BCUT2D eigenvalue weighted by molar-refractivity contribution is 0.280. The molecule has 2 N–H and O–H groups in total. The summed E-state index contributed by atoms with van der Waals surface area (Å²) < 4.78 is 27.0. The maximum Gasteiger partial charge on any atom is 0.240 e. The van der Waals surface area contributed by atoms with Crippen LogP contribution in [0.3, 0.4) is 0 Å². The first-order chi connectivity index (χ1) is 8.44. The van der Waals surface area contributed by atoms with Crippen LogP contribution in [0.15, 0.2) is 23.1 Å². The van der Waals surface area contributed by atoms with Crippen LogP contribution in [0, 0.1) is 6.92 Å². The van der Waals surface area contributed by atoms with E-state index in [1.54, 1.807) is 12.1 Å². The Labute approximate surface area is 109 Å². The maximum atomic E-state index is 12.1. The molecule has 0 aliphatic carbocycles. The molecule has 0 heterocycles. The average molecular weight is 271 g/mol. The van der Waals surface area contributed by atoms with Gasteiger partial charge in [0.1, 0.15) is 0 Å². The third-order valence-electron chi connectivity index (χ3n) is 3.11. The van der Waals surface area contributed by atoms with Crippen LogP contribution in [0.1, 0.15) is 37.8 Å². The number of rotatable bonds is 6. The monoisotopic (exact) mass is 271 g/mol. The molecule has 0 bridgehead atoms. The molecule has 1 aromatic carbocycles. The van der Waals surface area contributed by atoms with E-state index in [4.69, 9.17) is 5.11 Å². The van der Waals surface area contributed by atoms with Gasteiger partial charge in [0.05, 0.1) is 11.5 Å². The number of aryl methyl sites for hydroxylation is 1. The highest BCUT2D eigenvalue weighted by Crippen LogP contribution is 2.16. The van der Waals surface area contributed by atoms with E-state index < -0.39 is 10.0 Å². The highest BCUT2D eigenvalue weighted by Gasteiger charge is 2.18. The molecule has 4 nitrogen and oxygen atoms in total. The molecule has 0 saturated carbocycles. The first-order valence-corrected chi connectivity index (χ1v) is 7.65. The summed E-state index contributed by atoms with van der Waals surface area (Å²) >= 11 is 0. The van der Waals surface area contributed by atoms with Gasteiger partial charge in [0, 0.05) is 6.04 Å². The van der Waals surface area contributed by atoms with Crippen molar-refractivity contribution in [1.82, 2.24) is 4.72 Å². The number of aliphatic hydroxyl groups is 1. The molecule has 0 atom stereocenters. The van der Waals surface area contributed by atoms with Crippen molar-refractivity contribution in [3.05, 3.63) is 29.3 Å². The van der Waals surface area contributed by atoms with E-state index in [-0.39, 0.29) is 17.5 Å². The minimum Gasteiger partial charge on any atom is -0.392 e. The molecule has 0 aliphatic rings. The summed E-state index contributed by atoms with van der Waals surface area (Å²) in [5.41, 5.74) is 1.53. The van der Waals surface area contributed by atoms with Crippen LogP contribution in [0.5, 0.6) is 0 Å². The van der Waals surface area contributed by atoms with Crippen LogP contribution < -0.4 is 4.72 Å². The summed E-state index contributed by atoms with van der Waals surface area (Å²) in [4.78, 5) is 0.212. The summed E-state index contributed by atoms with van der Waals surface area (Å²) in [5.74, 6) is 0. The Hall–Kier alpha value is -0.910. The van der Waals surface area contributed by atoms with Crippen molar-refractivity contribution in [2.24, 2.45) is 0 Å². The fourth-order valence-electron chi connectivity index (χ4n) is 1.73. The van der Waals surface area contributed by atoms with Gasteiger partial charge in [-0.1, -0.05) is 19.9 Å². The molecule has 1 aromatic rings. The SMILES string of the molecule is CCC(CC)NS(=O)(=O)c1ccc(C)c(CO)c1. The zero-order valence-electron chi connectivity index (χ0n) is 11.1. The quantitative estimate of drug-likeness (QED) is 0.831. The molecule has 0 radical (unpaired) electrons. The Kier molecular flexibility index (Phi) is 5.31. The van der Waals surface area contributed by atoms with Crippen LogP contribution in [-0.4, -0.2) is 19.6 Å². The van der Waals surface area contributed by atoms with Gasteiger partial charge in [-0.2, -0.15) is 0 Å². The lowest BCUT2D eigenvalue weighted by Gasteiger charge is -2.15. The molecule has 0 amide bonds. The van der Waals surface area contributed by atoms with E-state index >= 15 is 0 Å². The zero-order chi connectivity index (χ0) is 13.8. The highest BCUT2D eigenvalue weighted by atomic mass is 32.2. The van der Waals surface area contributed by atoms with Gasteiger partial charge in [-0.05, 0) is 43.0 Å². The molecule has 0 aliphatic heterocycles. The van der Waals surface area contributed by atoms with E-state index in [1.807, 2.05) is 20.8 Å². The second kappa shape index (κ2) is 6.31. The molecule has 18 heavy (non-hydrogen) atoms. The number of aliphatic hydroxyl groups excluding tert-OH is 1. The van der Waals surface area contributed by atoms with Crippen LogP contribution in [0.2, 0.25) is 0 Å². The first kappa shape index (κ1) is 15.1. The summed E-state index contributed by atoms with van der Waals surface area (Å²) in [6, 6.07) is 4.76. The molecule has 0 unspecified atom stereocenters. The molecular weight excluding hydrogens is 250 g/mol. The van der Waals surface area contributed by atoms with Gasteiger partial charge in [0.15, 0.2) is 0 Å². The standard InChI is InChI=1S/C13H21NO3S/c1-4-12(5-2)14-18(16,17)13-7-6-10(3)11(8-13)9-15/h6-8,12,14-15H,4-5,9H2,1-3H3. The van der Waals surface area contributed by atoms with Gasteiger partial charge in [-0.15, -0.1) is 0 Å². The van der Waals surface area contributed by atoms with Gasteiger partial charge >= 0.3 is 0 Å². The van der Waals surface area contributed by atoms with Crippen LogP contribution in [0.4, 0.5) is 0 Å². The van der Waals surface area contributed by atoms with Crippen LogP contribution in [0.25, 0.3) is 0 Å². The lowest BCUT2D eigenvalue weighted by atomic mass is 10.1. The van der Waals surface area contributed by atoms with Crippen molar-refractivity contribution in [1.29, 1.82) is 0 Å². The van der Waals surface area contributed by atoms with E-state index in [2.05, 4.69) is 4.72 Å². The molecular formula is C13H21NO3S. The fourth-order valence-corrected chi connectivity index (χ4v) is 3.18. The van der Waals surface area contributed by atoms with Crippen molar-refractivity contribution in [2.75, 3.05) is 0 Å².